The van der Waals surface area contributed by atoms with Crippen molar-refractivity contribution in [1.82, 2.24) is 15.2 Å². The Balaban J connectivity index is 1.58. The van der Waals surface area contributed by atoms with E-state index >= 15 is 0 Å². The number of nitrogens with one attached hydrogen (secondary N) is 1. The van der Waals surface area contributed by atoms with Gasteiger partial charge in [-0.05, 0) is 40.7 Å². The molecule has 39 heavy (non-hydrogen) atoms. The first-order chi connectivity index (χ1) is 18.4. The Morgan fingerprint density at radius 3 is 2.23 bits per heavy atom. The third kappa shape index (κ3) is 5.70. The summed E-state index contributed by atoms with van der Waals surface area (Å²) in [7, 11) is 0. The number of ether oxygens (including phenoxy) is 1. The van der Waals surface area contributed by atoms with Crippen LogP contribution in [0.25, 0.3) is 11.3 Å². The van der Waals surface area contributed by atoms with Crippen LogP contribution >= 0.6 is 23.4 Å². The van der Waals surface area contributed by atoms with Crippen molar-refractivity contribution in [3.63, 3.8) is 0 Å². The molecule has 3 aromatic carbocycles. The van der Waals surface area contributed by atoms with Gasteiger partial charge in [-0.15, -0.1) is 10.2 Å². The lowest BCUT2D eigenvalue weighted by Gasteiger charge is -2.30. The van der Waals surface area contributed by atoms with Crippen LogP contribution in [0.2, 0.25) is 5.02 Å². The molecule has 1 atom stereocenters. The highest BCUT2D eigenvalue weighted by Gasteiger charge is 2.31. The van der Waals surface area contributed by atoms with Gasteiger partial charge in [0, 0.05) is 38.7 Å². The third-order valence-electron chi connectivity index (χ3n) is 6.70. The maximum absolute atomic E-state index is 11.3. The number of thioether (sulfide) groups is 1. The van der Waals surface area contributed by atoms with Crippen molar-refractivity contribution in [3.05, 3.63) is 87.9 Å². The van der Waals surface area contributed by atoms with Crippen LogP contribution in [0.15, 0.2) is 65.8 Å². The summed E-state index contributed by atoms with van der Waals surface area (Å²) < 4.78 is 6.57. The van der Waals surface area contributed by atoms with E-state index in [-0.39, 0.29) is 10.8 Å². The first-order valence-electron chi connectivity index (χ1n) is 12.9. The molecule has 0 bridgehead atoms. The van der Waals surface area contributed by atoms with Crippen LogP contribution in [-0.4, -0.2) is 20.3 Å². The number of nitrogens with zero attached hydrogens (tertiary/aromatic N) is 3. The van der Waals surface area contributed by atoms with E-state index in [4.69, 9.17) is 21.3 Å². The van der Waals surface area contributed by atoms with Crippen molar-refractivity contribution in [2.24, 2.45) is 0 Å². The molecule has 4 aromatic rings. The normalized spacial score (nSPS) is 15.0. The van der Waals surface area contributed by atoms with Crippen LogP contribution < -0.4 is 10.1 Å². The Bertz CT molecular complexity index is 1490. The van der Waals surface area contributed by atoms with Crippen LogP contribution in [0.5, 0.6) is 11.6 Å². The summed E-state index contributed by atoms with van der Waals surface area (Å²) in [6, 6.07) is 19.7. The number of halogens is 1. The quantitative estimate of drug-likeness (QED) is 0.243. The van der Waals surface area contributed by atoms with Crippen LogP contribution in [-0.2, 0) is 16.6 Å². The standard InChI is InChI=1S/C31H33ClN4O2S/c1-30(2,3)21-15-19(16-22(26(21)37)31(4,5)6)27-33-24-14-10-8-12-20(24)25-28(38-27)34-29(36-35-25)39-17-18-11-7-9-13-23(18)32/h7-16,27,33,37H,17H2,1-6H3. The fourth-order valence-corrected chi connectivity index (χ4v) is 5.63. The number of phenolic OH excluding ortho intramolecular Hbond substituents is 1. The summed E-state index contributed by atoms with van der Waals surface area (Å²) in [5.74, 6) is 1.34. The van der Waals surface area contributed by atoms with Gasteiger partial charge in [-0.25, -0.2) is 0 Å². The van der Waals surface area contributed by atoms with Crippen molar-refractivity contribution < 1.29 is 9.84 Å². The number of fused-ring (bicyclic) bond motifs is 3. The first kappa shape index (κ1) is 27.3. The van der Waals surface area contributed by atoms with E-state index in [0.29, 0.717) is 33.3 Å². The van der Waals surface area contributed by atoms with Gasteiger partial charge in [0.15, 0.2) is 11.9 Å². The van der Waals surface area contributed by atoms with Gasteiger partial charge in [0.1, 0.15) is 5.75 Å². The summed E-state index contributed by atoms with van der Waals surface area (Å²) in [6.07, 6.45) is -0.562. The number of hydrogen-bond donors (Lipinski definition) is 2. The average molecular weight is 561 g/mol. The maximum Gasteiger partial charge on any atom is 0.247 e. The Morgan fingerprint density at radius 2 is 1.56 bits per heavy atom. The monoisotopic (exact) mass is 560 g/mol. The summed E-state index contributed by atoms with van der Waals surface area (Å²) in [4.78, 5) is 4.79. The lowest BCUT2D eigenvalue weighted by Crippen LogP contribution is -2.22. The van der Waals surface area contributed by atoms with Gasteiger partial charge in [0.2, 0.25) is 11.0 Å². The highest BCUT2D eigenvalue weighted by atomic mass is 35.5. The van der Waals surface area contributed by atoms with Crippen LogP contribution in [0.4, 0.5) is 5.69 Å². The predicted molar refractivity (Wildman–Crippen MR) is 159 cm³/mol. The van der Waals surface area contributed by atoms with E-state index in [1.165, 1.54) is 11.8 Å². The molecule has 0 radical (unpaired) electrons. The van der Waals surface area contributed by atoms with E-state index in [1.54, 1.807) is 0 Å². The number of aromatic hydroxyl groups is 1. The molecule has 1 aliphatic rings. The van der Waals surface area contributed by atoms with E-state index < -0.39 is 6.23 Å². The van der Waals surface area contributed by atoms with Gasteiger partial charge < -0.3 is 15.2 Å². The first-order valence-corrected chi connectivity index (χ1v) is 14.3. The SMILES string of the molecule is CC(C)(C)c1cc(C2Nc3ccccc3-c3nnc(SCc4ccccc4Cl)nc3O2)cc(C(C)(C)C)c1O. The summed E-state index contributed by atoms with van der Waals surface area (Å²) >= 11 is 7.81. The number of anilines is 1. The molecule has 2 heterocycles. The number of phenols is 1. The molecule has 0 saturated carbocycles. The van der Waals surface area contributed by atoms with E-state index in [2.05, 4.69) is 57.1 Å². The van der Waals surface area contributed by atoms with Crippen molar-refractivity contribution >= 4 is 29.1 Å². The summed E-state index contributed by atoms with van der Waals surface area (Å²) in [6.45, 7) is 12.6. The molecule has 0 saturated heterocycles. The minimum Gasteiger partial charge on any atom is -0.507 e. The Labute approximate surface area is 239 Å². The molecule has 2 N–H and O–H groups in total. The maximum atomic E-state index is 11.3. The van der Waals surface area contributed by atoms with Gasteiger partial charge in [-0.1, -0.05) is 101 Å². The molecule has 6 nitrogen and oxygen atoms in total. The molecular formula is C31H33ClN4O2S. The van der Waals surface area contributed by atoms with Crippen molar-refractivity contribution in [3.8, 4) is 22.9 Å². The van der Waals surface area contributed by atoms with Gasteiger partial charge in [-0.3, -0.25) is 0 Å². The smallest absolute Gasteiger partial charge is 0.247 e. The zero-order chi connectivity index (χ0) is 27.9. The molecule has 0 amide bonds. The Hall–Kier alpha value is -3.29. The fraction of sp³-hybridized carbons (Fsp3) is 0.323. The third-order valence-corrected chi connectivity index (χ3v) is 7.95. The second-order valence-corrected chi connectivity index (χ2v) is 13.1. The largest absolute Gasteiger partial charge is 0.507 e. The van der Waals surface area contributed by atoms with Crippen LogP contribution in [0.3, 0.4) is 0 Å². The number of aromatic nitrogens is 3. The molecule has 1 unspecified atom stereocenters. The van der Waals surface area contributed by atoms with Crippen molar-refractivity contribution in [2.75, 3.05) is 5.32 Å². The average Bonchev–Trinajstić information content (AvgIpc) is 3.03. The van der Waals surface area contributed by atoms with E-state index in [1.807, 2.05) is 60.7 Å². The van der Waals surface area contributed by atoms with Crippen molar-refractivity contribution in [1.29, 1.82) is 0 Å². The minimum absolute atomic E-state index is 0.271. The fourth-order valence-electron chi connectivity index (χ4n) is 4.57. The molecule has 1 aliphatic heterocycles. The van der Waals surface area contributed by atoms with Gasteiger partial charge in [0.25, 0.3) is 0 Å². The molecule has 8 heteroatoms. The van der Waals surface area contributed by atoms with Gasteiger partial charge in [0.05, 0.1) is 0 Å². The van der Waals surface area contributed by atoms with E-state index in [0.717, 1.165) is 33.5 Å². The number of hydrogen-bond acceptors (Lipinski definition) is 7. The molecule has 202 valence electrons. The molecule has 1 aromatic heterocycles. The zero-order valence-corrected chi connectivity index (χ0v) is 24.6. The predicted octanol–water partition coefficient (Wildman–Crippen LogP) is 8.29. The topological polar surface area (TPSA) is 80.2 Å². The number of rotatable bonds is 4. The molecule has 0 aliphatic carbocycles. The second-order valence-electron chi connectivity index (χ2n) is 11.8. The molecule has 5 rings (SSSR count). The zero-order valence-electron chi connectivity index (χ0n) is 23.0. The second kappa shape index (κ2) is 10.4. The van der Waals surface area contributed by atoms with E-state index in [9.17, 15) is 5.11 Å². The molecule has 0 spiro atoms. The summed E-state index contributed by atoms with van der Waals surface area (Å²) in [5, 5.41) is 25.0. The summed E-state index contributed by atoms with van der Waals surface area (Å²) in [5.41, 5.74) is 5.40. The number of benzene rings is 3. The minimum atomic E-state index is -0.562. The Kier molecular flexibility index (Phi) is 7.25. The van der Waals surface area contributed by atoms with Gasteiger partial charge in [-0.2, -0.15) is 4.98 Å². The highest BCUT2D eigenvalue weighted by molar-refractivity contribution is 7.98. The van der Waals surface area contributed by atoms with Crippen LogP contribution in [0, 0.1) is 0 Å². The van der Waals surface area contributed by atoms with Gasteiger partial charge >= 0.3 is 0 Å². The van der Waals surface area contributed by atoms with Crippen LogP contribution in [0.1, 0.15) is 70.0 Å². The molecule has 0 fully saturated rings. The lowest BCUT2D eigenvalue weighted by molar-refractivity contribution is 0.224. The lowest BCUT2D eigenvalue weighted by atomic mass is 9.78. The molecular weight excluding hydrogens is 528 g/mol. The van der Waals surface area contributed by atoms with Crippen molar-refractivity contribution in [2.45, 2.75) is 69.5 Å². The Morgan fingerprint density at radius 1 is 0.923 bits per heavy atom. The highest BCUT2D eigenvalue weighted by Crippen LogP contribution is 2.44. The number of para-hydroxylation sites is 1.